The predicted octanol–water partition coefficient (Wildman–Crippen LogP) is 4.80. The molecule has 0 saturated heterocycles. The lowest BCUT2D eigenvalue weighted by Gasteiger charge is -2.15. The Morgan fingerprint density at radius 1 is 0.828 bits per heavy atom. The van der Waals surface area contributed by atoms with Crippen molar-refractivity contribution < 1.29 is 14.3 Å². The zero-order valence-electron chi connectivity index (χ0n) is 16.9. The van der Waals surface area contributed by atoms with Gasteiger partial charge in [0.25, 0.3) is 5.91 Å². The van der Waals surface area contributed by atoms with Crippen molar-refractivity contribution in [2.45, 2.75) is 39.7 Å². The lowest BCUT2D eigenvalue weighted by atomic mass is 10.1. The number of carbonyl (C=O) groups is 1. The molecular formula is C25H27NO3. The summed E-state index contributed by atoms with van der Waals surface area (Å²) in [4.78, 5) is 12.3. The molecule has 3 aromatic rings. The normalized spacial score (nSPS) is 11.7. The van der Waals surface area contributed by atoms with Gasteiger partial charge in [0, 0.05) is 6.54 Å². The molecule has 1 unspecified atom stereocenters. The van der Waals surface area contributed by atoms with Crippen LogP contribution in [0.4, 0.5) is 0 Å². The van der Waals surface area contributed by atoms with Gasteiger partial charge in [-0.15, -0.1) is 0 Å². The number of ether oxygens (including phenoxy) is 2. The van der Waals surface area contributed by atoms with E-state index in [1.54, 1.807) is 6.92 Å². The van der Waals surface area contributed by atoms with Gasteiger partial charge < -0.3 is 14.8 Å². The second-order valence-corrected chi connectivity index (χ2v) is 7.09. The van der Waals surface area contributed by atoms with Crippen LogP contribution >= 0.6 is 0 Å². The summed E-state index contributed by atoms with van der Waals surface area (Å²) in [6, 6.07) is 25.9. The largest absolute Gasteiger partial charge is 0.481 e. The minimum absolute atomic E-state index is 0.138. The SMILES string of the molecule is Cc1ccc(OC(C)C(=O)NCc2ccc(COCc3ccccc3)cc2)cc1. The average Bonchev–Trinajstić information content (AvgIpc) is 2.75. The third kappa shape index (κ3) is 6.77. The molecule has 0 fully saturated rings. The molecule has 4 nitrogen and oxygen atoms in total. The molecule has 1 amide bonds. The van der Waals surface area contributed by atoms with Crippen molar-refractivity contribution in [3.63, 3.8) is 0 Å². The molecule has 0 bridgehead atoms. The molecule has 3 rings (SSSR count). The van der Waals surface area contributed by atoms with Crippen molar-refractivity contribution in [2.75, 3.05) is 0 Å². The third-order valence-electron chi connectivity index (χ3n) is 4.57. The minimum Gasteiger partial charge on any atom is -0.481 e. The number of carbonyl (C=O) groups excluding carboxylic acids is 1. The van der Waals surface area contributed by atoms with E-state index in [-0.39, 0.29) is 5.91 Å². The molecule has 0 spiro atoms. The van der Waals surface area contributed by atoms with E-state index in [9.17, 15) is 4.79 Å². The number of aryl methyl sites for hydroxylation is 1. The van der Waals surface area contributed by atoms with E-state index in [0.29, 0.717) is 25.5 Å². The summed E-state index contributed by atoms with van der Waals surface area (Å²) in [5.41, 5.74) is 4.46. The van der Waals surface area contributed by atoms with Crippen LogP contribution in [0.25, 0.3) is 0 Å². The molecule has 1 N–H and O–H groups in total. The lowest BCUT2D eigenvalue weighted by molar-refractivity contribution is -0.127. The Balaban J connectivity index is 1.40. The summed E-state index contributed by atoms with van der Waals surface area (Å²) in [5.74, 6) is 0.555. The van der Waals surface area contributed by atoms with Crippen molar-refractivity contribution in [1.29, 1.82) is 0 Å². The lowest BCUT2D eigenvalue weighted by Crippen LogP contribution is -2.35. The highest BCUT2D eigenvalue weighted by atomic mass is 16.5. The van der Waals surface area contributed by atoms with Gasteiger partial charge in [-0.3, -0.25) is 4.79 Å². The first kappa shape index (κ1) is 20.6. The molecule has 29 heavy (non-hydrogen) atoms. The van der Waals surface area contributed by atoms with Crippen LogP contribution in [0.5, 0.6) is 5.75 Å². The van der Waals surface area contributed by atoms with Crippen LogP contribution < -0.4 is 10.1 Å². The molecule has 1 atom stereocenters. The second kappa shape index (κ2) is 10.4. The van der Waals surface area contributed by atoms with Crippen LogP contribution in [-0.2, 0) is 29.3 Å². The zero-order chi connectivity index (χ0) is 20.5. The molecule has 3 aromatic carbocycles. The van der Waals surface area contributed by atoms with Gasteiger partial charge in [-0.25, -0.2) is 0 Å². The van der Waals surface area contributed by atoms with Gasteiger partial charge in [-0.2, -0.15) is 0 Å². The van der Waals surface area contributed by atoms with Gasteiger partial charge in [0.1, 0.15) is 5.75 Å². The van der Waals surface area contributed by atoms with Crippen LogP contribution in [-0.4, -0.2) is 12.0 Å². The van der Waals surface area contributed by atoms with Crippen molar-refractivity contribution in [3.8, 4) is 5.75 Å². The summed E-state index contributed by atoms with van der Waals surface area (Å²) in [5, 5.41) is 2.92. The Morgan fingerprint density at radius 2 is 1.41 bits per heavy atom. The summed E-state index contributed by atoms with van der Waals surface area (Å²) in [6.07, 6.45) is -0.552. The van der Waals surface area contributed by atoms with E-state index >= 15 is 0 Å². The highest BCUT2D eigenvalue weighted by Gasteiger charge is 2.14. The molecule has 0 aliphatic rings. The molecular weight excluding hydrogens is 362 g/mol. The fourth-order valence-corrected chi connectivity index (χ4v) is 2.82. The van der Waals surface area contributed by atoms with E-state index in [1.807, 2.05) is 73.7 Å². The minimum atomic E-state index is -0.552. The highest BCUT2D eigenvalue weighted by Crippen LogP contribution is 2.13. The molecule has 0 saturated carbocycles. The first-order valence-electron chi connectivity index (χ1n) is 9.80. The van der Waals surface area contributed by atoms with Crippen LogP contribution in [0.15, 0.2) is 78.9 Å². The molecule has 0 aliphatic carbocycles. The second-order valence-electron chi connectivity index (χ2n) is 7.09. The van der Waals surface area contributed by atoms with E-state index in [0.717, 1.165) is 22.3 Å². The predicted molar refractivity (Wildman–Crippen MR) is 114 cm³/mol. The monoisotopic (exact) mass is 389 g/mol. The molecule has 0 aliphatic heterocycles. The van der Waals surface area contributed by atoms with Crippen molar-refractivity contribution in [2.24, 2.45) is 0 Å². The number of hydrogen-bond donors (Lipinski definition) is 1. The first-order chi connectivity index (χ1) is 14.1. The van der Waals surface area contributed by atoms with Gasteiger partial charge in [0.05, 0.1) is 13.2 Å². The standard InChI is InChI=1S/C25H27NO3/c1-19-8-14-24(15-9-19)29-20(2)25(27)26-16-21-10-12-23(13-11-21)18-28-17-22-6-4-3-5-7-22/h3-15,20H,16-18H2,1-2H3,(H,26,27). The van der Waals surface area contributed by atoms with E-state index in [1.165, 1.54) is 0 Å². The van der Waals surface area contributed by atoms with Gasteiger partial charge in [0.15, 0.2) is 6.10 Å². The maximum absolute atomic E-state index is 12.3. The number of rotatable bonds is 9. The molecule has 4 heteroatoms. The maximum Gasteiger partial charge on any atom is 0.261 e. The maximum atomic E-state index is 12.3. The zero-order valence-corrected chi connectivity index (χ0v) is 16.9. The summed E-state index contributed by atoms with van der Waals surface area (Å²) in [6.45, 7) is 5.38. The molecule has 150 valence electrons. The Kier molecular flexibility index (Phi) is 7.42. The summed E-state index contributed by atoms with van der Waals surface area (Å²) < 4.78 is 11.4. The highest BCUT2D eigenvalue weighted by molar-refractivity contribution is 5.80. The fourth-order valence-electron chi connectivity index (χ4n) is 2.82. The number of benzene rings is 3. The van der Waals surface area contributed by atoms with Gasteiger partial charge in [-0.05, 0) is 42.7 Å². The molecule has 0 radical (unpaired) electrons. The first-order valence-corrected chi connectivity index (χ1v) is 9.80. The average molecular weight is 389 g/mol. The van der Waals surface area contributed by atoms with E-state index in [4.69, 9.17) is 9.47 Å². The Hall–Kier alpha value is -3.11. The quantitative estimate of drug-likeness (QED) is 0.572. The van der Waals surface area contributed by atoms with Crippen molar-refractivity contribution in [3.05, 3.63) is 101 Å². The summed E-state index contributed by atoms with van der Waals surface area (Å²) >= 11 is 0. The van der Waals surface area contributed by atoms with Crippen LogP contribution in [0.3, 0.4) is 0 Å². The summed E-state index contributed by atoms with van der Waals surface area (Å²) in [7, 11) is 0. The number of nitrogens with one attached hydrogen (secondary N) is 1. The topological polar surface area (TPSA) is 47.6 Å². The van der Waals surface area contributed by atoms with Crippen LogP contribution in [0.2, 0.25) is 0 Å². The molecule has 0 heterocycles. The van der Waals surface area contributed by atoms with Gasteiger partial charge in [0.2, 0.25) is 0 Å². The molecule has 0 aromatic heterocycles. The van der Waals surface area contributed by atoms with Crippen molar-refractivity contribution in [1.82, 2.24) is 5.32 Å². The smallest absolute Gasteiger partial charge is 0.261 e. The van der Waals surface area contributed by atoms with E-state index in [2.05, 4.69) is 17.4 Å². The van der Waals surface area contributed by atoms with Crippen molar-refractivity contribution >= 4 is 5.91 Å². The Morgan fingerprint density at radius 3 is 2.07 bits per heavy atom. The van der Waals surface area contributed by atoms with E-state index < -0.39 is 6.10 Å². The van der Waals surface area contributed by atoms with Crippen LogP contribution in [0.1, 0.15) is 29.2 Å². The van der Waals surface area contributed by atoms with Gasteiger partial charge in [-0.1, -0.05) is 72.3 Å². The third-order valence-corrected chi connectivity index (χ3v) is 4.57. The Labute approximate surface area is 172 Å². The van der Waals surface area contributed by atoms with Gasteiger partial charge >= 0.3 is 0 Å². The number of amides is 1. The van der Waals surface area contributed by atoms with Crippen LogP contribution in [0, 0.1) is 6.92 Å². The fraction of sp³-hybridized carbons (Fsp3) is 0.240. The number of hydrogen-bond acceptors (Lipinski definition) is 3. The Bertz CT molecular complexity index is 890.